The maximum atomic E-state index is 12.0. The summed E-state index contributed by atoms with van der Waals surface area (Å²) >= 11 is 6.77. The van der Waals surface area contributed by atoms with Crippen LogP contribution in [-0.2, 0) is 0 Å². The minimum absolute atomic E-state index is 0.0342. The first-order chi connectivity index (χ1) is 8.20. The van der Waals surface area contributed by atoms with Gasteiger partial charge in [-0.1, -0.05) is 59.6 Å². The van der Waals surface area contributed by atoms with E-state index in [9.17, 15) is 4.79 Å². The molecule has 0 aliphatic rings. The van der Waals surface area contributed by atoms with E-state index in [2.05, 4.69) is 64.9 Å². The van der Waals surface area contributed by atoms with Crippen molar-refractivity contribution >= 4 is 37.8 Å². The molecule has 1 N–H and O–H groups in total. The summed E-state index contributed by atoms with van der Waals surface area (Å²) in [5, 5.41) is 2.98. The van der Waals surface area contributed by atoms with Crippen molar-refractivity contribution in [3.63, 3.8) is 0 Å². The highest BCUT2D eigenvalue weighted by Crippen LogP contribution is 2.24. The van der Waals surface area contributed by atoms with Crippen LogP contribution in [0.1, 0.15) is 38.1 Å². The molecule has 0 aliphatic carbocycles. The Bertz CT molecular complexity index is 418. The van der Waals surface area contributed by atoms with Crippen molar-refractivity contribution in [2.75, 3.05) is 6.54 Å². The van der Waals surface area contributed by atoms with Crippen molar-refractivity contribution in [1.82, 2.24) is 5.32 Å². The van der Waals surface area contributed by atoms with E-state index in [0.717, 1.165) is 8.95 Å². The number of nitrogens with one attached hydrogen (secondary N) is 1. The lowest BCUT2D eigenvalue weighted by Crippen LogP contribution is -2.33. The van der Waals surface area contributed by atoms with Gasteiger partial charge in [-0.15, -0.1) is 0 Å². The van der Waals surface area contributed by atoms with Gasteiger partial charge in [0, 0.05) is 21.1 Å². The van der Waals surface area contributed by atoms with Crippen LogP contribution in [0, 0.1) is 11.3 Å². The fraction of sp³-hybridized carbons (Fsp3) is 0.500. The predicted octanol–water partition coefficient (Wildman–Crippen LogP) is 4.62. The molecule has 0 saturated carbocycles. The second-order valence-electron chi connectivity index (χ2n) is 5.64. The summed E-state index contributed by atoms with van der Waals surface area (Å²) in [5.41, 5.74) is 0.864. The van der Waals surface area contributed by atoms with Crippen molar-refractivity contribution in [3.05, 3.63) is 32.7 Å². The van der Waals surface area contributed by atoms with Crippen molar-refractivity contribution < 1.29 is 4.79 Å². The molecule has 0 heterocycles. The molecule has 0 aliphatic heterocycles. The van der Waals surface area contributed by atoms with Crippen LogP contribution < -0.4 is 5.32 Å². The van der Waals surface area contributed by atoms with Crippen LogP contribution >= 0.6 is 31.9 Å². The van der Waals surface area contributed by atoms with Crippen LogP contribution in [0.4, 0.5) is 0 Å². The van der Waals surface area contributed by atoms with E-state index in [1.165, 1.54) is 0 Å². The Morgan fingerprint density at radius 1 is 1.22 bits per heavy atom. The van der Waals surface area contributed by atoms with Crippen molar-refractivity contribution in [2.45, 2.75) is 27.7 Å². The Labute approximate surface area is 126 Å². The van der Waals surface area contributed by atoms with E-state index in [4.69, 9.17) is 0 Å². The monoisotopic (exact) mass is 375 g/mol. The Kier molecular flexibility index (Phi) is 5.41. The number of benzene rings is 1. The quantitative estimate of drug-likeness (QED) is 0.818. The number of rotatable bonds is 3. The maximum absolute atomic E-state index is 12.0. The lowest BCUT2D eigenvalue weighted by molar-refractivity contribution is 0.0937. The smallest absolute Gasteiger partial charge is 0.251 e. The summed E-state index contributed by atoms with van der Waals surface area (Å²) in [6.07, 6.45) is 0. The number of halogens is 2. The predicted molar refractivity (Wildman–Crippen MR) is 82.8 cm³/mol. The molecule has 1 aromatic rings. The Morgan fingerprint density at radius 3 is 2.17 bits per heavy atom. The SMILES string of the molecule is CC(CNC(=O)c1cc(Br)cc(Br)c1)C(C)(C)C. The van der Waals surface area contributed by atoms with E-state index < -0.39 is 0 Å². The molecule has 1 aromatic carbocycles. The van der Waals surface area contributed by atoms with E-state index in [-0.39, 0.29) is 11.3 Å². The molecule has 100 valence electrons. The highest BCUT2D eigenvalue weighted by molar-refractivity contribution is 9.11. The number of hydrogen-bond donors (Lipinski definition) is 1. The first kappa shape index (κ1) is 15.7. The fourth-order valence-corrected chi connectivity index (χ4v) is 2.63. The second-order valence-corrected chi connectivity index (χ2v) is 7.47. The van der Waals surface area contributed by atoms with Crippen LogP contribution in [-0.4, -0.2) is 12.5 Å². The molecule has 1 atom stereocenters. The van der Waals surface area contributed by atoms with Gasteiger partial charge in [-0.3, -0.25) is 4.79 Å². The van der Waals surface area contributed by atoms with E-state index in [1.54, 1.807) is 0 Å². The van der Waals surface area contributed by atoms with Gasteiger partial charge in [-0.2, -0.15) is 0 Å². The third kappa shape index (κ3) is 4.73. The summed E-state index contributed by atoms with van der Waals surface area (Å²) < 4.78 is 1.79. The van der Waals surface area contributed by atoms with Gasteiger partial charge < -0.3 is 5.32 Å². The Balaban J connectivity index is 2.66. The van der Waals surface area contributed by atoms with Crippen LogP contribution in [0.25, 0.3) is 0 Å². The summed E-state index contributed by atoms with van der Waals surface area (Å²) in [5.74, 6) is 0.394. The number of carbonyl (C=O) groups is 1. The zero-order chi connectivity index (χ0) is 13.9. The largest absolute Gasteiger partial charge is 0.352 e. The first-order valence-electron chi connectivity index (χ1n) is 5.94. The lowest BCUT2D eigenvalue weighted by atomic mass is 9.82. The molecule has 0 fully saturated rings. The molecule has 0 aromatic heterocycles. The van der Waals surface area contributed by atoms with Crippen LogP contribution in [0.3, 0.4) is 0 Å². The van der Waals surface area contributed by atoms with Gasteiger partial charge in [-0.05, 0) is 29.5 Å². The third-order valence-corrected chi connectivity index (χ3v) is 4.09. The molecular formula is C14H19Br2NO. The number of amides is 1. The zero-order valence-corrected chi connectivity index (χ0v) is 14.4. The molecule has 1 rings (SSSR count). The van der Waals surface area contributed by atoms with Gasteiger partial charge in [-0.25, -0.2) is 0 Å². The number of carbonyl (C=O) groups excluding carboxylic acids is 1. The lowest BCUT2D eigenvalue weighted by Gasteiger charge is -2.27. The van der Waals surface area contributed by atoms with Crippen molar-refractivity contribution in [2.24, 2.45) is 11.3 Å². The molecule has 0 radical (unpaired) electrons. The molecule has 0 spiro atoms. The van der Waals surface area contributed by atoms with Gasteiger partial charge in [0.1, 0.15) is 0 Å². The normalized spacial score (nSPS) is 13.2. The summed E-state index contributed by atoms with van der Waals surface area (Å²) in [4.78, 5) is 12.0. The Hall–Kier alpha value is -0.350. The minimum atomic E-state index is -0.0342. The maximum Gasteiger partial charge on any atom is 0.251 e. The van der Waals surface area contributed by atoms with Crippen LogP contribution in [0.2, 0.25) is 0 Å². The van der Waals surface area contributed by atoms with Gasteiger partial charge in [0.2, 0.25) is 0 Å². The first-order valence-corrected chi connectivity index (χ1v) is 7.53. The van der Waals surface area contributed by atoms with E-state index >= 15 is 0 Å². The summed E-state index contributed by atoms with van der Waals surface area (Å²) in [6.45, 7) is 9.38. The van der Waals surface area contributed by atoms with Crippen LogP contribution in [0.5, 0.6) is 0 Å². The van der Waals surface area contributed by atoms with E-state index in [0.29, 0.717) is 18.0 Å². The Morgan fingerprint density at radius 2 is 1.72 bits per heavy atom. The highest BCUT2D eigenvalue weighted by Gasteiger charge is 2.20. The molecule has 1 amide bonds. The average molecular weight is 377 g/mol. The zero-order valence-electron chi connectivity index (χ0n) is 11.2. The average Bonchev–Trinajstić information content (AvgIpc) is 2.22. The molecule has 0 saturated heterocycles. The fourth-order valence-electron chi connectivity index (χ4n) is 1.34. The second kappa shape index (κ2) is 6.20. The molecule has 2 nitrogen and oxygen atoms in total. The molecule has 0 bridgehead atoms. The van der Waals surface area contributed by atoms with Crippen molar-refractivity contribution in [1.29, 1.82) is 0 Å². The molecule has 18 heavy (non-hydrogen) atoms. The number of hydrogen-bond acceptors (Lipinski definition) is 1. The van der Waals surface area contributed by atoms with Gasteiger partial charge in [0.25, 0.3) is 5.91 Å². The minimum Gasteiger partial charge on any atom is -0.352 e. The topological polar surface area (TPSA) is 29.1 Å². The van der Waals surface area contributed by atoms with Crippen molar-refractivity contribution in [3.8, 4) is 0 Å². The van der Waals surface area contributed by atoms with Gasteiger partial charge in [0.15, 0.2) is 0 Å². The molecular weight excluding hydrogens is 358 g/mol. The molecule has 4 heteroatoms. The highest BCUT2D eigenvalue weighted by atomic mass is 79.9. The summed E-state index contributed by atoms with van der Waals surface area (Å²) in [7, 11) is 0. The standard InChI is InChI=1S/C14H19Br2NO/c1-9(14(2,3)4)8-17-13(18)10-5-11(15)7-12(16)6-10/h5-7,9H,8H2,1-4H3,(H,17,18). The van der Waals surface area contributed by atoms with E-state index in [1.807, 2.05) is 18.2 Å². The van der Waals surface area contributed by atoms with Gasteiger partial charge >= 0.3 is 0 Å². The third-order valence-electron chi connectivity index (χ3n) is 3.17. The summed E-state index contributed by atoms with van der Waals surface area (Å²) in [6, 6.07) is 5.55. The van der Waals surface area contributed by atoms with Gasteiger partial charge in [0.05, 0.1) is 0 Å². The van der Waals surface area contributed by atoms with Crippen LogP contribution in [0.15, 0.2) is 27.1 Å². The molecule has 1 unspecified atom stereocenters.